The van der Waals surface area contributed by atoms with Gasteiger partial charge < -0.3 is 14.0 Å². The predicted octanol–water partition coefficient (Wildman–Crippen LogP) is 8.49. The third-order valence-corrected chi connectivity index (χ3v) is 9.14. The zero-order chi connectivity index (χ0) is 34.3. The third-order valence-electron chi connectivity index (χ3n) is 8.91. The van der Waals surface area contributed by atoms with Gasteiger partial charge in [0.15, 0.2) is 11.9 Å². The molecule has 3 aromatic heterocycles. The Bertz CT molecular complexity index is 2200. The lowest BCUT2D eigenvalue weighted by molar-refractivity contribution is -0.141. The number of pyridine rings is 1. The van der Waals surface area contributed by atoms with Gasteiger partial charge in [-0.3, -0.25) is 4.79 Å². The van der Waals surface area contributed by atoms with E-state index in [2.05, 4.69) is 39.7 Å². The first-order valence-corrected chi connectivity index (χ1v) is 16.3. The highest BCUT2D eigenvalue weighted by Crippen LogP contribution is 2.37. The minimum atomic E-state index is -4.67. The molecule has 9 nitrogen and oxygen atoms in total. The smallest absolute Gasteiger partial charge is 0.436 e. The number of halogens is 4. The van der Waals surface area contributed by atoms with Gasteiger partial charge in [-0.1, -0.05) is 48.0 Å². The normalized spacial score (nSPS) is 15.8. The average Bonchev–Trinajstić information content (AvgIpc) is 3.81. The summed E-state index contributed by atoms with van der Waals surface area (Å²) in [6.45, 7) is 2.72. The molecule has 4 heterocycles. The highest BCUT2D eigenvalue weighted by Gasteiger charge is 2.35. The zero-order valence-corrected chi connectivity index (χ0v) is 27.4. The lowest BCUT2D eigenvalue weighted by atomic mass is 9.97. The molecule has 0 amide bonds. The number of ether oxygens (including phenoxy) is 2. The summed E-state index contributed by atoms with van der Waals surface area (Å²) in [4.78, 5) is 13.9. The van der Waals surface area contributed by atoms with Crippen LogP contribution in [0.25, 0.3) is 38.8 Å². The summed E-state index contributed by atoms with van der Waals surface area (Å²) in [6, 6.07) is 20.1. The van der Waals surface area contributed by atoms with E-state index in [0.717, 1.165) is 64.3 Å². The van der Waals surface area contributed by atoms with Crippen molar-refractivity contribution in [2.24, 2.45) is 0 Å². The van der Waals surface area contributed by atoms with Gasteiger partial charge in [0.2, 0.25) is 0 Å². The molecule has 3 aromatic carbocycles. The van der Waals surface area contributed by atoms with E-state index in [1.807, 2.05) is 29.8 Å². The van der Waals surface area contributed by atoms with Crippen LogP contribution in [0.15, 0.2) is 90.1 Å². The fourth-order valence-electron chi connectivity index (χ4n) is 6.49. The Kier molecular flexibility index (Phi) is 8.76. The molecule has 252 valence electrons. The minimum absolute atomic E-state index is 0.0911. The second kappa shape index (κ2) is 13.2. The molecular formula is C36H32ClF3N6O3. The van der Waals surface area contributed by atoms with Gasteiger partial charge in [-0.2, -0.15) is 18.3 Å². The molecule has 13 heteroatoms. The molecule has 1 aliphatic rings. The van der Waals surface area contributed by atoms with Crippen LogP contribution in [0.1, 0.15) is 56.1 Å². The number of hydrogen-bond donors (Lipinski definition) is 0. The van der Waals surface area contributed by atoms with Crippen molar-refractivity contribution in [3.63, 3.8) is 0 Å². The zero-order valence-electron chi connectivity index (χ0n) is 26.7. The van der Waals surface area contributed by atoms with Gasteiger partial charge in [-0.15, -0.1) is 5.10 Å². The number of alkyl halides is 3. The molecule has 0 spiro atoms. The number of benzene rings is 3. The van der Waals surface area contributed by atoms with Crippen LogP contribution in [-0.4, -0.2) is 43.1 Å². The minimum Gasteiger partial charge on any atom is -0.495 e. The quantitative estimate of drug-likeness (QED) is 0.159. The number of rotatable bonds is 8. The van der Waals surface area contributed by atoms with Crippen LogP contribution in [0.4, 0.5) is 13.2 Å². The molecule has 2 atom stereocenters. The lowest BCUT2D eigenvalue weighted by Gasteiger charge is -2.24. The van der Waals surface area contributed by atoms with E-state index in [-0.39, 0.29) is 23.5 Å². The molecule has 0 aliphatic carbocycles. The molecule has 0 radical (unpaired) electrons. The van der Waals surface area contributed by atoms with Crippen molar-refractivity contribution in [1.29, 1.82) is 0 Å². The third kappa shape index (κ3) is 6.33. The highest BCUT2D eigenvalue weighted by atomic mass is 35.5. The van der Waals surface area contributed by atoms with E-state index in [1.54, 1.807) is 23.0 Å². The van der Waals surface area contributed by atoms with Crippen molar-refractivity contribution >= 4 is 22.4 Å². The van der Waals surface area contributed by atoms with Crippen molar-refractivity contribution in [1.82, 2.24) is 29.3 Å². The molecule has 0 N–H and O–H groups in total. The molecule has 1 fully saturated rings. The molecule has 1 saturated heterocycles. The van der Waals surface area contributed by atoms with Crippen LogP contribution in [-0.2, 0) is 10.9 Å². The Morgan fingerprint density at radius 1 is 1.00 bits per heavy atom. The second-order valence-corrected chi connectivity index (χ2v) is 12.4. The number of hydrogen-bond acceptors (Lipinski definition) is 6. The van der Waals surface area contributed by atoms with Crippen molar-refractivity contribution < 1.29 is 22.6 Å². The van der Waals surface area contributed by atoms with Crippen LogP contribution < -0.4 is 10.3 Å². The van der Waals surface area contributed by atoms with Gasteiger partial charge >= 0.3 is 6.18 Å². The predicted molar refractivity (Wildman–Crippen MR) is 180 cm³/mol. The van der Waals surface area contributed by atoms with Crippen LogP contribution in [0.2, 0.25) is 5.02 Å². The Labute approximate surface area is 284 Å². The monoisotopic (exact) mass is 688 g/mol. The molecule has 7 rings (SSSR count). The van der Waals surface area contributed by atoms with Crippen molar-refractivity contribution in [2.45, 2.75) is 51.1 Å². The fraction of sp³-hybridized carbons (Fsp3) is 0.278. The largest absolute Gasteiger partial charge is 0.495 e. The summed E-state index contributed by atoms with van der Waals surface area (Å²) in [5.74, 6) is 0.332. The van der Waals surface area contributed by atoms with E-state index < -0.39 is 11.9 Å². The summed E-state index contributed by atoms with van der Waals surface area (Å²) in [7, 11) is 1.47. The number of methoxy groups -OCH3 is 1. The molecule has 0 saturated carbocycles. The first-order chi connectivity index (χ1) is 23.6. The van der Waals surface area contributed by atoms with E-state index in [4.69, 9.17) is 21.1 Å². The van der Waals surface area contributed by atoms with E-state index in [0.29, 0.717) is 28.3 Å². The maximum Gasteiger partial charge on any atom is 0.436 e. The van der Waals surface area contributed by atoms with Gasteiger partial charge in [0.1, 0.15) is 5.75 Å². The summed E-state index contributed by atoms with van der Waals surface area (Å²) in [6.07, 6.45) is 3.11. The molecule has 1 aliphatic heterocycles. The van der Waals surface area contributed by atoms with Crippen LogP contribution in [0.5, 0.6) is 5.75 Å². The van der Waals surface area contributed by atoms with Crippen molar-refractivity contribution in [3.05, 3.63) is 112 Å². The molecule has 0 bridgehead atoms. The average molecular weight is 689 g/mol. The molecule has 2 unspecified atom stereocenters. The SMILES string of the molecule is CCC(c1ccc2ccc(-c3ccnn3C3CCCCO3)cc2c1)n1cc(OC)c(-c2cc(Cl)ccc2-n2cc(C(F)(F)F)nn2)cc1=O. The first kappa shape index (κ1) is 32.6. The van der Waals surface area contributed by atoms with E-state index in [9.17, 15) is 18.0 Å². The maximum atomic E-state index is 13.9. The topological polar surface area (TPSA) is 89.0 Å². The summed E-state index contributed by atoms with van der Waals surface area (Å²) >= 11 is 6.33. The Morgan fingerprint density at radius 2 is 1.84 bits per heavy atom. The highest BCUT2D eigenvalue weighted by molar-refractivity contribution is 6.31. The number of nitrogens with zero attached hydrogens (tertiary/aromatic N) is 6. The second-order valence-electron chi connectivity index (χ2n) is 11.9. The summed E-state index contributed by atoms with van der Waals surface area (Å²) < 4.78 is 56.3. The van der Waals surface area contributed by atoms with Crippen LogP contribution in [0, 0.1) is 0 Å². The maximum absolute atomic E-state index is 13.9. The molecule has 49 heavy (non-hydrogen) atoms. The first-order valence-electron chi connectivity index (χ1n) is 15.9. The summed E-state index contributed by atoms with van der Waals surface area (Å²) in [5.41, 5.74) is 2.40. The van der Waals surface area contributed by atoms with Gasteiger partial charge in [-0.05, 0) is 78.4 Å². The van der Waals surface area contributed by atoms with E-state index in [1.165, 1.54) is 25.3 Å². The molecule has 6 aromatic rings. The Balaban J connectivity index is 1.26. The van der Waals surface area contributed by atoms with Gasteiger partial charge in [0, 0.05) is 40.6 Å². The Hall–Kier alpha value is -4.94. The number of aromatic nitrogens is 6. The van der Waals surface area contributed by atoms with Crippen molar-refractivity contribution in [3.8, 4) is 33.8 Å². The standard InChI is InChI=1S/C36H32ClF3N6O3/c1-3-29(23-9-7-22-8-10-24(17-25(22)16-23)30-13-14-41-46(30)35-6-4-5-15-49-35)44-20-32(48-2)28(19-34(44)47)27-18-26(37)11-12-31(27)45-21-33(42-43-45)36(38,39)40/h7-14,16-21,29,35H,3-6,15H2,1-2H3. The summed E-state index contributed by atoms with van der Waals surface area (Å²) in [5, 5.41) is 13.9. The number of fused-ring (bicyclic) bond motifs is 1. The molecular weight excluding hydrogens is 657 g/mol. The van der Waals surface area contributed by atoms with Gasteiger partial charge in [0.25, 0.3) is 5.56 Å². The van der Waals surface area contributed by atoms with Crippen molar-refractivity contribution in [2.75, 3.05) is 13.7 Å². The van der Waals surface area contributed by atoms with Gasteiger partial charge in [-0.25, -0.2) is 9.36 Å². The lowest BCUT2D eigenvalue weighted by Crippen LogP contribution is -2.25. The van der Waals surface area contributed by atoms with Crippen LogP contribution in [0.3, 0.4) is 0 Å². The van der Waals surface area contributed by atoms with Crippen LogP contribution >= 0.6 is 11.6 Å². The Morgan fingerprint density at radius 3 is 2.57 bits per heavy atom. The fourth-order valence-corrected chi connectivity index (χ4v) is 6.67. The van der Waals surface area contributed by atoms with E-state index >= 15 is 0 Å². The van der Waals surface area contributed by atoms with Gasteiger partial charge in [0.05, 0.1) is 36.9 Å².